The molecule has 0 saturated carbocycles. The minimum absolute atomic E-state index is 0.136. The Morgan fingerprint density at radius 2 is 2.28 bits per heavy atom. The lowest BCUT2D eigenvalue weighted by molar-refractivity contribution is -0.117. The van der Waals surface area contributed by atoms with E-state index in [9.17, 15) is 4.79 Å². The summed E-state index contributed by atoms with van der Waals surface area (Å²) in [6, 6.07) is 0.605. The minimum Gasteiger partial charge on any atom is -0.408 e. The van der Waals surface area contributed by atoms with Gasteiger partial charge in [-0.1, -0.05) is 18.9 Å². The van der Waals surface area contributed by atoms with Crippen molar-refractivity contribution >= 4 is 11.9 Å². The second-order valence-electron chi connectivity index (χ2n) is 4.88. The molecule has 1 saturated heterocycles. The number of hydrogen-bond acceptors (Lipinski definition) is 6. The number of rotatable bonds is 5. The van der Waals surface area contributed by atoms with Crippen LogP contribution in [0.15, 0.2) is 4.42 Å². The number of nitrogens with zero attached hydrogens (tertiary/aromatic N) is 3. The molecular formula is C11H19N5O2. The Balaban J connectivity index is 1.82. The van der Waals surface area contributed by atoms with Gasteiger partial charge in [-0.05, 0) is 7.05 Å². The van der Waals surface area contributed by atoms with E-state index in [4.69, 9.17) is 4.42 Å². The highest BCUT2D eigenvalue weighted by Gasteiger charge is 2.23. The van der Waals surface area contributed by atoms with Gasteiger partial charge < -0.3 is 9.73 Å². The molecule has 0 bridgehead atoms. The largest absolute Gasteiger partial charge is 0.408 e. The first-order valence-electron chi connectivity index (χ1n) is 6.10. The van der Waals surface area contributed by atoms with Crippen molar-refractivity contribution in [3.05, 3.63) is 5.89 Å². The van der Waals surface area contributed by atoms with Gasteiger partial charge >= 0.3 is 6.01 Å². The second kappa shape index (κ2) is 5.45. The second-order valence-corrected chi connectivity index (χ2v) is 4.88. The van der Waals surface area contributed by atoms with E-state index in [-0.39, 0.29) is 17.8 Å². The lowest BCUT2D eigenvalue weighted by atomic mass is 10.1. The Morgan fingerprint density at radius 3 is 2.78 bits per heavy atom. The fourth-order valence-electron chi connectivity index (χ4n) is 1.62. The summed E-state index contributed by atoms with van der Waals surface area (Å²) in [7, 11) is 1.93. The van der Waals surface area contributed by atoms with Crippen molar-refractivity contribution in [3.8, 4) is 0 Å². The molecule has 1 fully saturated rings. The Morgan fingerprint density at radius 1 is 1.56 bits per heavy atom. The van der Waals surface area contributed by atoms with Crippen molar-refractivity contribution in [1.82, 2.24) is 20.4 Å². The summed E-state index contributed by atoms with van der Waals surface area (Å²) in [5.41, 5.74) is 0. The first-order chi connectivity index (χ1) is 8.56. The SMILES string of the molecule is CC(C)c1nnc(NC(=O)CN(C)C2CNC2)o1. The average molecular weight is 253 g/mol. The normalized spacial score (nSPS) is 16.1. The molecule has 1 aromatic rings. The molecule has 0 aliphatic carbocycles. The maximum atomic E-state index is 11.7. The van der Waals surface area contributed by atoms with E-state index < -0.39 is 0 Å². The molecule has 1 aromatic heterocycles. The fraction of sp³-hybridized carbons (Fsp3) is 0.727. The van der Waals surface area contributed by atoms with Gasteiger partial charge in [0.15, 0.2) is 0 Å². The van der Waals surface area contributed by atoms with Crippen molar-refractivity contribution in [2.24, 2.45) is 0 Å². The van der Waals surface area contributed by atoms with Crippen LogP contribution >= 0.6 is 0 Å². The highest BCUT2D eigenvalue weighted by atomic mass is 16.4. The van der Waals surface area contributed by atoms with Crippen molar-refractivity contribution < 1.29 is 9.21 Å². The van der Waals surface area contributed by atoms with Gasteiger partial charge in [-0.2, -0.15) is 0 Å². The van der Waals surface area contributed by atoms with Crippen molar-refractivity contribution in [1.29, 1.82) is 0 Å². The topological polar surface area (TPSA) is 83.3 Å². The predicted octanol–water partition coefficient (Wildman–Crippen LogP) is 0.0351. The Kier molecular flexibility index (Phi) is 3.93. The van der Waals surface area contributed by atoms with Crippen LogP contribution in [0.3, 0.4) is 0 Å². The zero-order chi connectivity index (χ0) is 13.1. The molecule has 7 nitrogen and oxygen atoms in total. The molecule has 0 unspecified atom stereocenters. The molecule has 18 heavy (non-hydrogen) atoms. The molecule has 1 aliphatic heterocycles. The van der Waals surface area contributed by atoms with Crippen LogP contribution < -0.4 is 10.6 Å². The van der Waals surface area contributed by atoms with Crippen LogP contribution in [0, 0.1) is 0 Å². The molecule has 2 rings (SSSR count). The van der Waals surface area contributed by atoms with Crippen LogP contribution in [-0.4, -0.2) is 53.7 Å². The molecule has 2 heterocycles. The van der Waals surface area contributed by atoms with Crippen LogP contribution in [0.1, 0.15) is 25.7 Å². The first kappa shape index (κ1) is 13.0. The molecule has 7 heteroatoms. The summed E-state index contributed by atoms with van der Waals surface area (Å²) in [5.74, 6) is 0.553. The van der Waals surface area contributed by atoms with E-state index in [1.54, 1.807) is 0 Å². The molecule has 1 aliphatic rings. The van der Waals surface area contributed by atoms with Gasteiger partial charge in [0.2, 0.25) is 11.8 Å². The van der Waals surface area contributed by atoms with E-state index >= 15 is 0 Å². The smallest absolute Gasteiger partial charge is 0.322 e. The maximum Gasteiger partial charge on any atom is 0.322 e. The molecule has 100 valence electrons. The van der Waals surface area contributed by atoms with Crippen LogP contribution in [0.2, 0.25) is 0 Å². The molecule has 0 aromatic carbocycles. The van der Waals surface area contributed by atoms with Gasteiger partial charge in [0, 0.05) is 25.0 Å². The van der Waals surface area contributed by atoms with E-state index in [0.717, 1.165) is 13.1 Å². The number of aromatic nitrogens is 2. The molecule has 0 radical (unpaired) electrons. The van der Waals surface area contributed by atoms with Gasteiger partial charge in [0.25, 0.3) is 0 Å². The summed E-state index contributed by atoms with van der Waals surface area (Å²) in [6.07, 6.45) is 0. The third kappa shape index (κ3) is 3.05. The lowest BCUT2D eigenvalue weighted by Crippen LogP contribution is -2.57. The zero-order valence-electron chi connectivity index (χ0n) is 10.9. The van der Waals surface area contributed by atoms with E-state index in [1.165, 1.54) is 0 Å². The Hall–Kier alpha value is -1.47. The number of hydrogen-bond donors (Lipinski definition) is 2. The molecule has 1 amide bonds. The first-order valence-corrected chi connectivity index (χ1v) is 6.10. The predicted molar refractivity (Wildman–Crippen MR) is 66.3 cm³/mol. The highest BCUT2D eigenvalue weighted by Crippen LogP contribution is 2.14. The Bertz CT molecular complexity index is 413. The summed E-state index contributed by atoms with van der Waals surface area (Å²) < 4.78 is 5.31. The highest BCUT2D eigenvalue weighted by molar-refractivity contribution is 5.90. The molecular weight excluding hydrogens is 234 g/mol. The van der Waals surface area contributed by atoms with Crippen LogP contribution in [0.4, 0.5) is 6.01 Å². The van der Waals surface area contributed by atoms with Gasteiger partial charge in [-0.15, -0.1) is 5.10 Å². The number of anilines is 1. The summed E-state index contributed by atoms with van der Waals surface area (Å²) in [6.45, 7) is 6.10. The number of nitrogens with one attached hydrogen (secondary N) is 2. The average Bonchev–Trinajstić information content (AvgIpc) is 2.62. The lowest BCUT2D eigenvalue weighted by Gasteiger charge is -2.34. The number of amides is 1. The third-order valence-electron chi connectivity index (χ3n) is 2.96. The molecule has 2 N–H and O–H groups in total. The summed E-state index contributed by atoms with van der Waals surface area (Å²) in [4.78, 5) is 13.8. The number of carbonyl (C=O) groups excluding carboxylic acids is 1. The maximum absolute atomic E-state index is 11.7. The molecule has 0 spiro atoms. The third-order valence-corrected chi connectivity index (χ3v) is 2.96. The van der Waals surface area contributed by atoms with Gasteiger partial charge in [-0.25, -0.2) is 0 Å². The number of carbonyl (C=O) groups is 1. The standard InChI is InChI=1S/C11H19N5O2/c1-7(2)10-14-15-11(18-10)13-9(17)6-16(3)8-4-12-5-8/h7-8,12H,4-6H2,1-3H3,(H,13,15,17). The van der Waals surface area contributed by atoms with Crippen molar-refractivity contribution in [2.45, 2.75) is 25.8 Å². The van der Waals surface area contributed by atoms with E-state index in [0.29, 0.717) is 18.5 Å². The Labute approximate surface area is 106 Å². The monoisotopic (exact) mass is 253 g/mol. The fourth-order valence-corrected chi connectivity index (χ4v) is 1.62. The van der Waals surface area contributed by atoms with Gasteiger partial charge in [0.05, 0.1) is 6.54 Å². The minimum atomic E-state index is -0.136. The van der Waals surface area contributed by atoms with E-state index in [2.05, 4.69) is 20.8 Å². The zero-order valence-corrected chi connectivity index (χ0v) is 10.9. The van der Waals surface area contributed by atoms with Gasteiger partial charge in [0.1, 0.15) is 0 Å². The van der Waals surface area contributed by atoms with E-state index in [1.807, 2.05) is 25.8 Å². The van der Waals surface area contributed by atoms with Crippen molar-refractivity contribution in [3.63, 3.8) is 0 Å². The van der Waals surface area contributed by atoms with Crippen LogP contribution in [0.25, 0.3) is 0 Å². The quantitative estimate of drug-likeness (QED) is 0.770. The van der Waals surface area contributed by atoms with Crippen molar-refractivity contribution in [2.75, 3.05) is 32.0 Å². The number of likely N-dealkylation sites (N-methyl/N-ethyl adjacent to an activating group) is 1. The van der Waals surface area contributed by atoms with Crippen LogP contribution in [-0.2, 0) is 4.79 Å². The molecule has 0 atom stereocenters. The summed E-state index contributed by atoms with van der Waals surface area (Å²) in [5, 5.41) is 13.4. The summed E-state index contributed by atoms with van der Waals surface area (Å²) >= 11 is 0. The van der Waals surface area contributed by atoms with Gasteiger partial charge in [-0.3, -0.25) is 15.0 Å². The van der Waals surface area contributed by atoms with Crippen LogP contribution in [0.5, 0.6) is 0 Å².